The molecular weight excluding hydrogens is 196 g/mol. The van der Waals surface area contributed by atoms with Crippen LogP contribution >= 0.6 is 12.6 Å². The SMILES string of the molecule is O=S1(=O)CC2C(S)C3CC1C2O3. The molecule has 5 atom stereocenters. The Morgan fingerprint density at radius 3 is 2.75 bits per heavy atom. The Bertz CT molecular complexity index is 324. The standard InChI is InChI=1S/C7H10O3S2/c8-12(9)2-3-6-5(12)1-4(10-6)7(3)11/h3-7,11H,1-2H2. The Balaban J connectivity index is 2.11. The molecule has 3 heterocycles. The Morgan fingerprint density at radius 2 is 2.17 bits per heavy atom. The summed E-state index contributed by atoms with van der Waals surface area (Å²) in [7, 11) is -2.84. The summed E-state index contributed by atoms with van der Waals surface area (Å²) in [5.41, 5.74) is 0. The molecule has 5 unspecified atom stereocenters. The predicted octanol–water partition coefficient (Wildman–Crippen LogP) is -0.131. The largest absolute Gasteiger partial charge is 0.372 e. The van der Waals surface area contributed by atoms with Crippen LogP contribution in [-0.4, -0.2) is 36.9 Å². The van der Waals surface area contributed by atoms with Gasteiger partial charge in [0.15, 0.2) is 9.84 Å². The monoisotopic (exact) mass is 206 g/mol. The van der Waals surface area contributed by atoms with Gasteiger partial charge in [0.05, 0.1) is 23.2 Å². The highest BCUT2D eigenvalue weighted by molar-refractivity contribution is 7.92. The molecule has 0 spiro atoms. The van der Waals surface area contributed by atoms with E-state index in [1.54, 1.807) is 0 Å². The summed E-state index contributed by atoms with van der Waals surface area (Å²) in [5.74, 6) is 0.467. The first kappa shape index (κ1) is 7.64. The highest BCUT2D eigenvalue weighted by atomic mass is 32.2. The van der Waals surface area contributed by atoms with Crippen LogP contribution in [0.2, 0.25) is 0 Å². The Labute approximate surface area is 76.8 Å². The summed E-state index contributed by atoms with van der Waals surface area (Å²) in [5, 5.41) is -0.0422. The first-order chi connectivity index (χ1) is 5.59. The van der Waals surface area contributed by atoms with Crippen molar-refractivity contribution in [1.82, 2.24) is 0 Å². The molecule has 3 fully saturated rings. The quantitative estimate of drug-likeness (QED) is 0.561. The van der Waals surface area contributed by atoms with Crippen LogP contribution in [0.1, 0.15) is 6.42 Å². The number of thiol groups is 1. The van der Waals surface area contributed by atoms with Crippen LogP contribution in [0, 0.1) is 5.92 Å². The van der Waals surface area contributed by atoms with Crippen molar-refractivity contribution in [1.29, 1.82) is 0 Å². The van der Waals surface area contributed by atoms with Crippen LogP contribution in [0.5, 0.6) is 0 Å². The van der Waals surface area contributed by atoms with Crippen LogP contribution in [0.15, 0.2) is 0 Å². The zero-order chi connectivity index (χ0) is 8.51. The molecule has 12 heavy (non-hydrogen) atoms. The summed E-state index contributed by atoms with van der Waals surface area (Å²) >= 11 is 4.39. The van der Waals surface area contributed by atoms with E-state index in [9.17, 15) is 8.42 Å². The van der Waals surface area contributed by atoms with Crippen molar-refractivity contribution in [3.63, 3.8) is 0 Å². The molecule has 2 bridgehead atoms. The van der Waals surface area contributed by atoms with Gasteiger partial charge in [-0.3, -0.25) is 0 Å². The molecule has 3 aliphatic rings. The molecule has 3 nitrogen and oxygen atoms in total. The van der Waals surface area contributed by atoms with Crippen molar-refractivity contribution >= 4 is 22.5 Å². The lowest BCUT2D eigenvalue weighted by molar-refractivity contribution is 0.0995. The lowest BCUT2D eigenvalue weighted by Gasteiger charge is -2.17. The molecule has 0 aromatic rings. The normalized spacial score (nSPS) is 59.6. The molecule has 3 rings (SSSR count). The van der Waals surface area contributed by atoms with Gasteiger partial charge in [0.2, 0.25) is 0 Å². The lowest BCUT2D eigenvalue weighted by atomic mass is 9.90. The molecule has 5 heteroatoms. The first-order valence-electron chi connectivity index (χ1n) is 4.15. The van der Waals surface area contributed by atoms with Crippen molar-refractivity contribution in [3.05, 3.63) is 0 Å². The molecule has 0 aliphatic carbocycles. The average Bonchev–Trinajstić information content (AvgIpc) is 2.54. The van der Waals surface area contributed by atoms with Crippen molar-refractivity contribution in [2.24, 2.45) is 5.92 Å². The van der Waals surface area contributed by atoms with E-state index in [2.05, 4.69) is 12.6 Å². The molecule has 0 saturated carbocycles. The smallest absolute Gasteiger partial charge is 0.156 e. The van der Waals surface area contributed by atoms with E-state index in [0.717, 1.165) is 0 Å². The topological polar surface area (TPSA) is 43.4 Å². The first-order valence-corrected chi connectivity index (χ1v) is 6.38. The minimum Gasteiger partial charge on any atom is -0.372 e. The Hall–Kier alpha value is 0.260. The summed E-state index contributed by atoms with van der Waals surface area (Å²) in [6.07, 6.45) is 0.755. The fourth-order valence-electron chi connectivity index (χ4n) is 2.71. The summed E-state index contributed by atoms with van der Waals surface area (Å²) in [4.78, 5) is 0. The van der Waals surface area contributed by atoms with E-state index in [1.165, 1.54) is 0 Å². The van der Waals surface area contributed by atoms with Gasteiger partial charge in [0, 0.05) is 11.2 Å². The number of fused-ring (bicyclic) bond motifs is 1. The second kappa shape index (κ2) is 2.01. The molecule has 0 radical (unpaired) electrons. The van der Waals surface area contributed by atoms with Crippen molar-refractivity contribution < 1.29 is 13.2 Å². The van der Waals surface area contributed by atoms with Gasteiger partial charge in [-0.15, -0.1) is 0 Å². The van der Waals surface area contributed by atoms with Gasteiger partial charge in [-0.2, -0.15) is 12.6 Å². The summed E-state index contributed by atoms with van der Waals surface area (Å²) in [6, 6.07) is 0. The van der Waals surface area contributed by atoms with Gasteiger partial charge >= 0.3 is 0 Å². The Kier molecular flexibility index (Phi) is 1.28. The zero-order valence-electron chi connectivity index (χ0n) is 6.38. The van der Waals surface area contributed by atoms with Crippen molar-refractivity contribution in [2.75, 3.05) is 5.75 Å². The van der Waals surface area contributed by atoms with Crippen molar-refractivity contribution in [3.8, 4) is 0 Å². The molecule has 0 aromatic heterocycles. The van der Waals surface area contributed by atoms with Crippen LogP contribution in [0.4, 0.5) is 0 Å². The zero-order valence-corrected chi connectivity index (χ0v) is 8.09. The van der Waals surface area contributed by atoms with Gasteiger partial charge in [-0.1, -0.05) is 0 Å². The maximum absolute atomic E-state index is 11.5. The maximum Gasteiger partial charge on any atom is 0.156 e. The van der Waals surface area contributed by atoms with Crippen molar-refractivity contribution in [2.45, 2.75) is 29.1 Å². The van der Waals surface area contributed by atoms with Crippen LogP contribution in [-0.2, 0) is 14.6 Å². The van der Waals surface area contributed by atoms with Gasteiger partial charge < -0.3 is 4.74 Å². The summed E-state index contributed by atoms with van der Waals surface area (Å²) in [6.45, 7) is 0. The lowest BCUT2D eigenvalue weighted by Crippen LogP contribution is -2.31. The third-order valence-electron chi connectivity index (χ3n) is 3.29. The molecular formula is C7H10O3S2. The van der Waals surface area contributed by atoms with Gasteiger partial charge in [0.1, 0.15) is 0 Å². The number of rotatable bonds is 0. The number of ether oxygens (including phenoxy) is 1. The molecule has 68 valence electrons. The van der Waals surface area contributed by atoms with E-state index >= 15 is 0 Å². The second-order valence-electron chi connectivity index (χ2n) is 3.90. The average molecular weight is 206 g/mol. The van der Waals surface area contributed by atoms with Gasteiger partial charge in [-0.05, 0) is 6.42 Å². The van der Waals surface area contributed by atoms with E-state index < -0.39 is 9.84 Å². The fraction of sp³-hybridized carbons (Fsp3) is 1.00. The highest BCUT2D eigenvalue weighted by Crippen LogP contribution is 2.50. The highest BCUT2D eigenvalue weighted by Gasteiger charge is 2.62. The van der Waals surface area contributed by atoms with E-state index in [4.69, 9.17) is 4.74 Å². The summed E-state index contributed by atoms with van der Waals surface area (Å²) < 4.78 is 28.6. The predicted molar refractivity (Wildman–Crippen MR) is 47.1 cm³/mol. The van der Waals surface area contributed by atoms with Crippen LogP contribution in [0.25, 0.3) is 0 Å². The number of hydrogen-bond acceptors (Lipinski definition) is 4. The molecule has 0 N–H and O–H groups in total. The van der Waals surface area contributed by atoms with Crippen LogP contribution in [0.3, 0.4) is 0 Å². The number of hydrogen-bond donors (Lipinski definition) is 1. The minimum absolute atomic E-state index is 0.0255. The molecule has 3 saturated heterocycles. The van der Waals surface area contributed by atoms with Crippen LogP contribution < -0.4 is 0 Å². The van der Waals surface area contributed by atoms with E-state index in [1.807, 2.05) is 0 Å². The maximum atomic E-state index is 11.5. The fourth-order valence-corrected chi connectivity index (χ4v) is 5.66. The Morgan fingerprint density at radius 1 is 1.42 bits per heavy atom. The molecule has 0 amide bonds. The van der Waals surface area contributed by atoms with E-state index in [0.29, 0.717) is 12.2 Å². The molecule has 0 aromatic carbocycles. The molecule has 3 aliphatic heterocycles. The third kappa shape index (κ3) is 0.708. The van der Waals surface area contributed by atoms with Gasteiger partial charge in [-0.25, -0.2) is 8.42 Å². The third-order valence-corrected chi connectivity index (χ3v) is 6.24. The number of sulfone groups is 1. The van der Waals surface area contributed by atoms with E-state index in [-0.39, 0.29) is 28.6 Å². The second-order valence-corrected chi connectivity index (χ2v) is 6.76. The minimum atomic E-state index is -2.84. The van der Waals surface area contributed by atoms with Gasteiger partial charge in [0.25, 0.3) is 0 Å².